The number of methoxy groups -OCH3 is 2. The fourth-order valence-electron chi connectivity index (χ4n) is 3.75. The monoisotopic (exact) mass is 397 g/mol. The molecular weight excluding hydrogens is 374 g/mol. The number of imidazole rings is 1. The van der Waals surface area contributed by atoms with Crippen LogP contribution in [0.5, 0.6) is 11.5 Å². The van der Waals surface area contributed by atoms with Crippen molar-refractivity contribution in [2.24, 2.45) is 0 Å². The molecule has 6 heteroatoms. The molecule has 2 heterocycles. The molecule has 1 aromatic heterocycles. The summed E-state index contributed by atoms with van der Waals surface area (Å²) < 4.78 is 13.2. The van der Waals surface area contributed by atoms with Crippen LogP contribution >= 0.6 is 11.6 Å². The van der Waals surface area contributed by atoms with Crippen molar-refractivity contribution >= 4 is 17.5 Å². The topological polar surface area (TPSA) is 48.3 Å². The van der Waals surface area contributed by atoms with Crippen LogP contribution in [0.1, 0.15) is 30.5 Å². The van der Waals surface area contributed by atoms with Gasteiger partial charge in [0.25, 0.3) is 0 Å². The van der Waals surface area contributed by atoms with E-state index < -0.39 is 0 Å². The first kappa shape index (κ1) is 18.7. The summed E-state index contributed by atoms with van der Waals surface area (Å²) in [7, 11) is 3.34. The number of fused-ring (bicyclic) bond motifs is 3. The fraction of sp³-hybridized carbons (Fsp3) is 0.318. The van der Waals surface area contributed by atoms with Crippen molar-refractivity contribution < 1.29 is 9.47 Å². The number of nitrogens with zero attached hydrogens (tertiary/aromatic N) is 2. The van der Waals surface area contributed by atoms with Crippen molar-refractivity contribution in [3.63, 3.8) is 0 Å². The standard InChI is InChI=1S/C22H24ClN3O2/c1-14(15-6-8-17(23)9-7-15)25-22-24-13-19-18-12-21(28-3)20(27-2)11-16(18)5-4-10-26(19)22/h6-9,11-14H,4-5,10H2,1-3H3,(H,24,25). The minimum absolute atomic E-state index is 0.122. The number of rotatable bonds is 5. The molecule has 4 rings (SSSR count). The lowest BCUT2D eigenvalue weighted by molar-refractivity contribution is 0.354. The maximum atomic E-state index is 6.01. The van der Waals surface area contributed by atoms with Crippen LogP contribution in [0.25, 0.3) is 11.3 Å². The number of nitrogens with one attached hydrogen (secondary N) is 1. The Labute approximate surface area is 170 Å². The molecule has 0 saturated carbocycles. The largest absolute Gasteiger partial charge is 0.493 e. The highest BCUT2D eigenvalue weighted by molar-refractivity contribution is 6.30. The smallest absolute Gasteiger partial charge is 0.203 e. The van der Waals surface area contributed by atoms with Crippen molar-refractivity contribution in [1.82, 2.24) is 9.55 Å². The zero-order valence-corrected chi connectivity index (χ0v) is 17.1. The molecule has 1 N–H and O–H groups in total. The minimum atomic E-state index is 0.122. The lowest BCUT2D eigenvalue weighted by Crippen LogP contribution is -2.12. The Bertz CT molecular complexity index is 982. The van der Waals surface area contributed by atoms with Gasteiger partial charge >= 0.3 is 0 Å². The fourth-order valence-corrected chi connectivity index (χ4v) is 3.88. The molecule has 1 unspecified atom stereocenters. The van der Waals surface area contributed by atoms with Gasteiger partial charge in [0.05, 0.1) is 32.2 Å². The van der Waals surface area contributed by atoms with Crippen LogP contribution in [0.15, 0.2) is 42.6 Å². The lowest BCUT2D eigenvalue weighted by atomic mass is 10.0. The van der Waals surface area contributed by atoms with Gasteiger partial charge in [-0.1, -0.05) is 23.7 Å². The average molecular weight is 398 g/mol. The number of benzene rings is 2. The summed E-state index contributed by atoms with van der Waals surface area (Å²) in [6, 6.07) is 12.2. The number of ether oxygens (including phenoxy) is 2. The van der Waals surface area contributed by atoms with E-state index in [0.29, 0.717) is 0 Å². The number of hydrogen-bond donors (Lipinski definition) is 1. The van der Waals surface area contributed by atoms with Gasteiger partial charge in [0, 0.05) is 17.1 Å². The number of hydrogen-bond acceptors (Lipinski definition) is 4. The SMILES string of the molecule is COc1cc2c(cc1OC)-c1cnc(NC(C)c3ccc(Cl)cc3)n1CCC2. The Morgan fingerprint density at radius 2 is 1.82 bits per heavy atom. The Morgan fingerprint density at radius 1 is 1.11 bits per heavy atom. The van der Waals surface area contributed by atoms with E-state index in [4.69, 9.17) is 21.1 Å². The highest BCUT2D eigenvalue weighted by atomic mass is 35.5. The van der Waals surface area contributed by atoms with Crippen LogP contribution < -0.4 is 14.8 Å². The maximum absolute atomic E-state index is 6.01. The zero-order valence-electron chi connectivity index (χ0n) is 16.3. The van der Waals surface area contributed by atoms with Gasteiger partial charge in [-0.2, -0.15) is 0 Å². The molecule has 5 nitrogen and oxygen atoms in total. The molecule has 0 radical (unpaired) electrons. The first-order chi connectivity index (χ1) is 13.6. The van der Waals surface area contributed by atoms with Gasteiger partial charge < -0.3 is 19.4 Å². The number of aryl methyl sites for hydroxylation is 1. The van der Waals surface area contributed by atoms with E-state index in [0.717, 1.165) is 53.1 Å². The quantitative estimate of drug-likeness (QED) is 0.631. The molecule has 2 aromatic carbocycles. The zero-order chi connectivity index (χ0) is 19.7. The van der Waals surface area contributed by atoms with E-state index in [1.165, 1.54) is 11.1 Å². The first-order valence-corrected chi connectivity index (χ1v) is 9.81. The Hall–Kier alpha value is -2.66. The first-order valence-electron chi connectivity index (χ1n) is 9.43. The predicted molar refractivity (Wildman–Crippen MR) is 113 cm³/mol. The third kappa shape index (κ3) is 3.42. The summed E-state index contributed by atoms with van der Waals surface area (Å²) in [6.07, 6.45) is 3.96. The molecule has 1 aliphatic heterocycles. The third-order valence-corrected chi connectivity index (χ3v) is 5.54. The number of aromatic nitrogens is 2. The van der Waals surface area contributed by atoms with Crippen molar-refractivity contribution in [1.29, 1.82) is 0 Å². The van der Waals surface area contributed by atoms with Crippen molar-refractivity contribution in [2.45, 2.75) is 32.4 Å². The molecule has 0 aliphatic carbocycles. The van der Waals surface area contributed by atoms with Crippen molar-refractivity contribution in [3.05, 3.63) is 58.7 Å². The predicted octanol–water partition coefficient (Wildman–Crippen LogP) is 5.34. The third-order valence-electron chi connectivity index (χ3n) is 5.28. The summed E-state index contributed by atoms with van der Waals surface area (Å²) >= 11 is 6.01. The van der Waals surface area contributed by atoms with E-state index in [9.17, 15) is 0 Å². The van der Waals surface area contributed by atoms with Gasteiger partial charge in [-0.05, 0) is 55.2 Å². The molecule has 1 atom stereocenters. The van der Waals surface area contributed by atoms with Gasteiger partial charge in [-0.15, -0.1) is 0 Å². The molecule has 0 fully saturated rings. The molecule has 0 bridgehead atoms. The van der Waals surface area contributed by atoms with Gasteiger partial charge in [0.1, 0.15) is 0 Å². The second kappa shape index (κ2) is 7.76. The number of anilines is 1. The minimum Gasteiger partial charge on any atom is -0.493 e. The van der Waals surface area contributed by atoms with Crippen LogP contribution in [-0.2, 0) is 13.0 Å². The van der Waals surface area contributed by atoms with Crippen LogP contribution in [0, 0.1) is 0 Å². The molecule has 28 heavy (non-hydrogen) atoms. The van der Waals surface area contributed by atoms with Crippen LogP contribution in [0.2, 0.25) is 5.02 Å². The molecule has 3 aromatic rings. The summed E-state index contributed by atoms with van der Waals surface area (Å²) in [4.78, 5) is 4.67. The van der Waals surface area contributed by atoms with Gasteiger partial charge in [-0.25, -0.2) is 4.98 Å². The second-order valence-corrected chi connectivity index (χ2v) is 7.44. The molecule has 1 aliphatic rings. The highest BCUT2D eigenvalue weighted by Crippen LogP contribution is 2.39. The van der Waals surface area contributed by atoms with E-state index in [2.05, 4.69) is 33.9 Å². The average Bonchev–Trinajstić information content (AvgIpc) is 3.00. The summed E-state index contributed by atoms with van der Waals surface area (Å²) in [5.41, 5.74) is 4.67. The number of halogens is 1. The normalized spacial score (nSPS) is 13.9. The van der Waals surface area contributed by atoms with E-state index in [-0.39, 0.29) is 6.04 Å². The van der Waals surface area contributed by atoms with Gasteiger partial charge in [0.15, 0.2) is 11.5 Å². The van der Waals surface area contributed by atoms with Crippen LogP contribution in [0.3, 0.4) is 0 Å². The summed E-state index contributed by atoms with van der Waals surface area (Å²) in [6.45, 7) is 3.04. The molecular formula is C22H24ClN3O2. The highest BCUT2D eigenvalue weighted by Gasteiger charge is 2.21. The summed E-state index contributed by atoms with van der Waals surface area (Å²) in [5, 5.41) is 4.29. The Morgan fingerprint density at radius 3 is 2.54 bits per heavy atom. The molecule has 0 amide bonds. The Kier molecular flexibility index (Phi) is 5.18. The van der Waals surface area contributed by atoms with Crippen molar-refractivity contribution in [3.8, 4) is 22.8 Å². The molecule has 0 spiro atoms. The van der Waals surface area contributed by atoms with E-state index >= 15 is 0 Å². The second-order valence-electron chi connectivity index (χ2n) is 7.00. The molecule has 146 valence electrons. The van der Waals surface area contributed by atoms with Crippen LogP contribution in [0.4, 0.5) is 5.95 Å². The van der Waals surface area contributed by atoms with Gasteiger partial charge in [0.2, 0.25) is 5.95 Å². The van der Waals surface area contributed by atoms with Crippen molar-refractivity contribution in [2.75, 3.05) is 19.5 Å². The Balaban J connectivity index is 1.68. The lowest BCUT2D eigenvalue weighted by Gasteiger charge is -2.17. The van der Waals surface area contributed by atoms with E-state index in [1.54, 1.807) is 14.2 Å². The summed E-state index contributed by atoms with van der Waals surface area (Å²) in [5.74, 6) is 2.38. The maximum Gasteiger partial charge on any atom is 0.203 e. The van der Waals surface area contributed by atoms with Gasteiger partial charge in [-0.3, -0.25) is 0 Å². The molecule has 0 saturated heterocycles. The van der Waals surface area contributed by atoms with E-state index in [1.807, 2.05) is 30.5 Å². The van der Waals surface area contributed by atoms with Crippen LogP contribution in [-0.4, -0.2) is 23.8 Å².